The Kier molecular flexibility index (Phi) is 6.04. The van der Waals surface area contributed by atoms with E-state index in [0.29, 0.717) is 17.9 Å². The number of nitrogens with zero attached hydrogens (tertiary/aromatic N) is 2. The second kappa shape index (κ2) is 8.52. The van der Waals surface area contributed by atoms with Gasteiger partial charge in [0.25, 0.3) is 0 Å². The van der Waals surface area contributed by atoms with Crippen LogP contribution in [0.4, 0.5) is 0 Å². The third-order valence-electron chi connectivity index (χ3n) is 7.15. The number of ether oxygens (including phenoxy) is 1. The van der Waals surface area contributed by atoms with Gasteiger partial charge in [0, 0.05) is 44.1 Å². The summed E-state index contributed by atoms with van der Waals surface area (Å²) in [5.74, 6) is 0.991. The summed E-state index contributed by atoms with van der Waals surface area (Å²) in [6, 6.07) is 11.5. The number of likely N-dealkylation sites (tertiary alicyclic amines) is 2. The summed E-state index contributed by atoms with van der Waals surface area (Å²) in [6.45, 7) is 4.53. The predicted octanol–water partition coefficient (Wildman–Crippen LogP) is 2.48. The van der Waals surface area contributed by atoms with Gasteiger partial charge < -0.3 is 15.0 Å². The van der Waals surface area contributed by atoms with Gasteiger partial charge in [0.1, 0.15) is 0 Å². The highest BCUT2D eigenvalue weighted by atomic mass is 16.5. The Balaban J connectivity index is 1.29. The molecule has 1 amide bonds. The molecule has 1 aliphatic carbocycles. The second-order valence-electron chi connectivity index (χ2n) is 9.14. The van der Waals surface area contributed by atoms with E-state index in [1.807, 2.05) is 0 Å². The van der Waals surface area contributed by atoms with E-state index in [0.717, 1.165) is 58.5 Å². The first-order valence-electron chi connectivity index (χ1n) is 10.9. The summed E-state index contributed by atoms with van der Waals surface area (Å²) in [6.07, 6.45) is 5.44. The lowest BCUT2D eigenvalue weighted by molar-refractivity contribution is -0.138. The van der Waals surface area contributed by atoms with Crippen LogP contribution in [-0.2, 0) is 9.53 Å². The molecule has 5 heteroatoms. The molecule has 1 N–H and O–H groups in total. The van der Waals surface area contributed by atoms with Crippen molar-refractivity contribution in [1.82, 2.24) is 15.1 Å². The minimum Gasteiger partial charge on any atom is -0.384 e. The van der Waals surface area contributed by atoms with Crippen LogP contribution in [0.25, 0.3) is 0 Å². The lowest BCUT2D eigenvalue weighted by Gasteiger charge is -2.42. The summed E-state index contributed by atoms with van der Waals surface area (Å²) < 4.78 is 5.61. The van der Waals surface area contributed by atoms with Crippen LogP contribution in [0, 0.1) is 5.41 Å². The van der Waals surface area contributed by atoms with Gasteiger partial charge in [-0.05, 0) is 51.3 Å². The maximum atomic E-state index is 12.9. The quantitative estimate of drug-likeness (QED) is 0.783. The Morgan fingerprint density at radius 1 is 1.21 bits per heavy atom. The monoisotopic (exact) mass is 385 g/mol. The summed E-state index contributed by atoms with van der Waals surface area (Å²) in [4.78, 5) is 17.2. The highest BCUT2D eigenvalue weighted by Gasteiger charge is 2.42. The summed E-state index contributed by atoms with van der Waals surface area (Å²) in [5.41, 5.74) is 1.60. The van der Waals surface area contributed by atoms with Crippen LogP contribution in [-0.4, -0.2) is 74.7 Å². The maximum Gasteiger partial charge on any atom is 0.239 e. The number of carbonyl (C=O) groups excluding carboxylic acids is 1. The van der Waals surface area contributed by atoms with E-state index in [4.69, 9.17) is 4.74 Å². The number of benzene rings is 1. The van der Waals surface area contributed by atoms with Gasteiger partial charge in [0.05, 0.1) is 12.6 Å². The van der Waals surface area contributed by atoms with Gasteiger partial charge in [-0.2, -0.15) is 0 Å². The highest BCUT2D eigenvalue weighted by molar-refractivity contribution is 5.82. The number of nitrogens with one attached hydrogen (secondary N) is 1. The molecule has 0 bridgehead atoms. The molecule has 0 spiro atoms. The molecule has 3 fully saturated rings. The van der Waals surface area contributed by atoms with Crippen LogP contribution in [0.1, 0.15) is 43.6 Å². The van der Waals surface area contributed by atoms with Gasteiger partial charge in [0.2, 0.25) is 5.91 Å². The molecule has 0 radical (unpaired) electrons. The molecule has 1 aromatic carbocycles. The largest absolute Gasteiger partial charge is 0.384 e. The molecule has 2 heterocycles. The molecule has 1 aromatic rings. The van der Waals surface area contributed by atoms with E-state index in [2.05, 4.69) is 52.5 Å². The van der Waals surface area contributed by atoms with E-state index >= 15 is 0 Å². The SMILES string of the molecule is COCC1(CN[C@H]2C[C@H]2c2ccccc2)CCN(C(=O)[C@@H]2CCCN2C)CC1. The molecular formula is C23H35N3O2. The number of amides is 1. The maximum absolute atomic E-state index is 12.9. The molecule has 2 saturated heterocycles. The Labute approximate surface area is 169 Å². The number of rotatable bonds is 7. The van der Waals surface area contributed by atoms with Crippen molar-refractivity contribution in [3.05, 3.63) is 35.9 Å². The minimum atomic E-state index is 0.103. The average molecular weight is 386 g/mol. The fourth-order valence-corrected chi connectivity index (χ4v) is 5.15. The van der Waals surface area contributed by atoms with Crippen LogP contribution >= 0.6 is 0 Å². The lowest BCUT2D eigenvalue weighted by atomic mass is 9.78. The molecule has 28 heavy (non-hydrogen) atoms. The zero-order chi connectivity index (χ0) is 19.6. The van der Waals surface area contributed by atoms with Crippen molar-refractivity contribution in [2.24, 2.45) is 5.41 Å². The van der Waals surface area contributed by atoms with Gasteiger partial charge in [0.15, 0.2) is 0 Å². The number of piperidine rings is 1. The zero-order valence-electron chi connectivity index (χ0n) is 17.4. The lowest BCUT2D eigenvalue weighted by Crippen LogP contribution is -2.52. The molecule has 3 atom stereocenters. The predicted molar refractivity (Wildman–Crippen MR) is 111 cm³/mol. The molecule has 4 rings (SSSR count). The molecule has 1 saturated carbocycles. The van der Waals surface area contributed by atoms with Crippen molar-refractivity contribution in [2.75, 3.05) is 46.9 Å². The third kappa shape index (κ3) is 4.27. The number of methoxy groups -OCH3 is 1. The van der Waals surface area contributed by atoms with Crippen molar-refractivity contribution in [2.45, 2.75) is 50.1 Å². The van der Waals surface area contributed by atoms with Gasteiger partial charge in [-0.1, -0.05) is 30.3 Å². The van der Waals surface area contributed by atoms with Crippen molar-refractivity contribution >= 4 is 5.91 Å². The summed E-state index contributed by atoms with van der Waals surface area (Å²) in [5, 5.41) is 3.82. The fourth-order valence-electron chi connectivity index (χ4n) is 5.15. The van der Waals surface area contributed by atoms with Crippen molar-refractivity contribution in [1.29, 1.82) is 0 Å². The summed E-state index contributed by atoms with van der Waals surface area (Å²) in [7, 11) is 3.88. The third-order valence-corrected chi connectivity index (χ3v) is 7.15. The minimum absolute atomic E-state index is 0.103. The Morgan fingerprint density at radius 2 is 1.96 bits per heavy atom. The highest BCUT2D eigenvalue weighted by Crippen LogP contribution is 2.42. The van der Waals surface area contributed by atoms with Crippen molar-refractivity contribution in [3.8, 4) is 0 Å². The normalized spacial score (nSPS) is 29.8. The molecule has 0 unspecified atom stereocenters. The van der Waals surface area contributed by atoms with E-state index in [-0.39, 0.29) is 11.5 Å². The van der Waals surface area contributed by atoms with Crippen molar-refractivity contribution in [3.63, 3.8) is 0 Å². The topological polar surface area (TPSA) is 44.8 Å². The van der Waals surface area contributed by atoms with Gasteiger partial charge in [-0.3, -0.25) is 9.69 Å². The number of likely N-dealkylation sites (N-methyl/N-ethyl adjacent to an activating group) is 1. The molecule has 0 aromatic heterocycles. The summed E-state index contributed by atoms with van der Waals surface area (Å²) >= 11 is 0. The fraction of sp³-hybridized carbons (Fsp3) is 0.696. The first-order valence-corrected chi connectivity index (χ1v) is 10.9. The first-order chi connectivity index (χ1) is 13.6. The van der Waals surface area contributed by atoms with E-state index in [1.54, 1.807) is 7.11 Å². The standard InChI is InChI=1S/C23H35N3O2/c1-25-12-6-9-21(25)22(27)26-13-10-23(11-14-26,17-28-2)16-24-20-15-19(20)18-7-4-3-5-8-18/h3-5,7-8,19-21,24H,6,9-17H2,1-2H3/t19-,20-,21-/m0/s1. The van der Waals surface area contributed by atoms with Gasteiger partial charge in [-0.15, -0.1) is 0 Å². The van der Waals surface area contributed by atoms with Gasteiger partial charge >= 0.3 is 0 Å². The average Bonchev–Trinajstić information content (AvgIpc) is 3.39. The zero-order valence-corrected chi connectivity index (χ0v) is 17.4. The van der Waals surface area contributed by atoms with E-state index < -0.39 is 0 Å². The Bertz CT molecular complexity index is 657. The number of carbonyl (C=O) groups is 1. The van der Waals surface area contributed by atoms with Crippen LogP contribution in [0.5, 0.6) is 0 Å². The van der Waals surface area contributed by atoms with Crippen LogP contribution in [0.2, 0.25) is 0 Å². The second-order valence-corrected chi connectivity index (χ2v) is 9.14. The van der Waals surface area contributed by atoms with Crippen molar-refractivity contribution < 1.29 is 9.53 Å². The number of hydrogen-bond donors (Lipinski definition) is 1. The van der Waals surface area contributed by atoms with E-state index in [1.165, 1.54) is 12.0 Å². The first kappa shape index (κ1) is 19.9. The smallest absolute Gasteiger partial charge is 0.239 e. The molecular weight excluding hydrogens is 350 g/mol. The van der Waals surface area contributed by atoms with Crippen LogP contribution in [0.15, 0.2) is 30.3 Å². The molecule has 3 aliphatic rings. The van der Waals surface area contributed by atoms with Gasteiger partial charge in [-0.25, -0.2) is 0 Å². The molecule has 5 nitrogen and oxygen atoms in total. The molecule has 2 aliphatic heterocycles. The number of hydrogen-bond acceptors (Lipinski definition) is 4. The Morgan fingerprint density at radius 3 is 2.61 bits per heavy atom. The van der Waals surface area contributed by atoms with Crippen LogP contribution < -0.4 is 5.32 Å². The van der Waals surface area contributed by atoms with Crippen LogP contribution in [0.3, 0.4) is 0 Å². The Hall–Kier alpha value is -1.43. The molecule has 154 valence electrons. The van der Waals surface area contributed by atoms with E-state index in [9.17, 15) is 4.79 Å².